The fraction of sp³-hybridized carbons (Fsp3) is 0.893. The van der Waals surface area contributed by atoms with Crippen LogP contribution in [0.2, 0.25) is 0 Å². The summed E-state index contributed by atoms with van der Waals surface area (Å²) in [6.07, 6.45) is 24.9. The van der Waals surface area contributed by atoms with Crippen molar-refractivity contribution in [2.75, 3.05) is 25.1 Å². The molecule has 0 aliphatic carbocycles. The van der Waals surface area contributed by atoms with Crippen molar-refractivity contribution in [1.82, 2.24) is 0 Å². The minimum atomic E-state index is -0.886. The first-order valence-electron chi connectivity index (χ1n) is 13.7. The minimum absolute atomic E-state index is 0.240. The fourth-order valence-electron chi connectivity index (χ4n) is 4.83. The summed E-state index contributed by atoms with van der Waals surface area (Å²) in [5.74, 6) is -0.240. The molecule has 0 aliphatic rings. The van der Waals surface area contributed by atoms with Gasteiger partial charge in [-0.1, -0.05) is 72.8 Å². The summed E-state index contributed by atoms with van der Waals surface area (Å²) in [6.45, 7) is 15.4. The van der Waals surface area contributed by atoms with Crippen LogP contribution in [-0.4, -0.2) is 36.7 Å². The third-order valence-electron chi connectivity index (χ3n) is 6.78. The Morgan fingerprint density at radius 3 is 1.81 bits per heavy atom. The van der Waals surface area contributed by atoms with Gasteiger partial charge in [-0.3, -0.25) is 0 Å². The number of carbonyl (C=O) groups is 1. The molecular weight excluding hydrogens is 399 g/mol. The molecule has 0 saturated carbocycles. The lowest BCUT2D eigenvalue weighted by Gasteiger charge is -2.36. The molecule has 0 rings (SSSR count). The Balaban J connectivity index is 4.94. The standard InChI is InChI=1S/C28H56O2P/c1-7-11-14-15-19-25-31(23-12-8-2,24-13-9-3)27(20-10-4)21-17-16-18-22-30-28(29)26(5)6/h27H,5,7-25H2,1-4,6H3/q+1. The van der Waals surface area contributed by atoms with Gasteiger partial charge in [0, 0.05) is 12.8 Å². The molecule has 0 N–H and O–H groups in total. The zero-order chi connectivity index (χ0) is 23.4. The largest absolute Gasteiger partial charge is 0.462 e. The molecule has 0 aliphatic heterocycles. The maximum Gasteiger partial charge on any atom is 0.333 e. The maximum atomic E-state index is 11.5. The average Bonchev–Trinajstić information content (AvgIpc) is 2.76. The van der Waals surface area contributed by atoms with E-state index in [9.17, 15) is 4.79 Å². The van der Waals surface area contributed by atoms with Gasteiger partial charge in [-0.25, -0.2) is 4.79 Å². The second-order valence-corrected chi connectivity index (χ2v) is 14.2. The molecular formula is C28H56O2P+. The highest BCUT2D eigenvalue weighted by atomic mass is 31.2. The quantitative estimate of drug-likeness (QED) is 0.0703. The Morgan fingerprint density at radius 2 is 1.26 bits per heavy atom. The Bertz CT molecular complexity index is 438. The molecule has 0 aromatic rings. The zero-order valence-electron chi connectivity index (χ0n) is 22.0. The first kappa shape index (κ1) is 30.6. The van der Waals surface area contributed by atoms with Crippen molar-refractivity contribution in [2.45, 2.75) is 137 Å². The average molecular weight is 456 g/mol. The van der Waals surface area contributed by atoms with Crippen LogP contribution in [0.4, 0.5) is 0 Å². The summed E-state index contributed by atoms with van der Waals surface area (Å²) in [7, 11) is -0.886. The number of ether oxygens (including phenoxy) is 1. The van der Waals surface area contributed by atoms with Crippen molar-refractivity contribution in [3.8, 4) is 0 Å². The van der Waals surface area contributed by atoms with Crippen LogP contribution in [0.1, 0.15) is 131 Å². The highest BCUT2D eigenvalue weighted by molar-refractivity contribution is 7.76. The van der Waals surface area contributed by atoms with E-state index in [0.717, 1.165) is 12.1 Å². The van der Waals surface area contributed by atoms with Crippen molar-refractivity contribution in [1.29, 1.82) is 0 Å². The van der Waals surface area contributed by atoms with Gasteiger partial charge in [-0.05, 0) is 64.7 Å². The highest BCUT2D eigenvalue weighted by Crippen LogP contribution is 2.67. The molecule has 0 bridgehead atoms. The fourth-order valence-corrected chi connectivity index (χ4v) is 10.9. The topological polar surface area (TPSA) is 26.3 Å². The van der Waals surface area contributed by atoms with E-state index in [-0.39, 0.29) is 5.97 Å². The Morgan fingerprint density at radius 1 is 0.710 bits per heavy atom. The SMILES string of the molecule is C=C(C)C(=O)OCCCCCC(CCC)[P+](CCCC)(CCCC)CCCCCCC. The predicted octanol–water partition coefficient (Wildman–Crippen LogP) is 9.42. The van der Waals surface area contributed by atoms with E-state index in [1.165, 1.54) is 102 Å². The van der Waals surface area contributed by atoms with Gasteiger partial charge in [0.1, 0.15) is 0 Å². The smallest absolute Gasteiger partial charge is 0.333 e. The first-order valence-corrected chi connectivity index (χ1v) is 16.1. The molecule has 3 heteroatoms. The van der Waals surface area contributed by atoms with Crippen LogP contribution < -0.4 is 0 Å². The van der Waals surface area contributed by atoms with Gasteiger partial charge in [0.2, 0.25) is 0 Å². The molecule has 0 aromatic heterocycles. The molecule has 0 spiro atoms. The van der Waals surface area contributed by atoms with Crippen molar-refractivity contribution in [3.05, 3.63) is 12.2 Å². The van der Waals surface area contributed by atoms with Crippen LogP contribution in [0.25, 0.3) is 0 Å². The molecule has 184 valence electrons. The van der Waals surface area contributed by atoms with Gasteiger partial charge >= 0.3 is 5.97 Å². The number of hydrogen-bond acceptors (Lipinski definition) is 2. The van der Waals surface area contributed by atoms with Crippen molar-refractivity contribution in [3.63, 3.8) is 0 Å². The van der Waals surface area contributed by atoms with Gasteiger partial charge in [-0.2, -0.15) is 0 Å². The van der Waals surface area contributed by atoms with E-state index >= 15 is 0 Å². The lowest BCUT2D eigenvalue weighted by atomic mass is 10.1. The van der Waals surface area contributed by atoms with E-state index in [0.29, 0.717) is 12.2 Å². The predicted molar refractivity (Wildman–Crippen MR) is 143 cm³/mol. The second-order valence-electron chi connectivity index (χ2n) is 9.72. The Kier molecular flexibility index (Phi) is 20.0. The van der Waals surface area contributed by atoms with E-state index in [1.807, 2.05) is 0 Å². The monoisotopic (exact) mass is 455 g/mol. The maximum absolute atomic E-state index is 11.5. The zero-order valence-corrected chi connectivity index (χ0v) is 22.9. The summed E-state index contributed by atoms with van der Waals surface area (Å²) >= 11 is 0. The normalized spacial score (nSPS) is 12.7. The van der Waals surface area contributed by atoms with Gasteiger partial charge in [0.25, 0.3) is 0 Å². The molecule has 0 aromatic carbocycles. The van der Waals surface area contributed by atoms with E-state index < -0.39 is 7.26 Å². The molecule has 1 atom stereocenters. The van der Waals surface area contributed by atoms with Crippen molar-refractivity contribution >= 4 is 13.2 Å². The van der Waals surface area contributed by atoms with Gasteiger partial charge in [-0.15, -0.1) is 0 Å². The third kappa shape index (κ3) is 14.4. The first-order chi connectivity index (χ1) is 15.0. The minimum Gasteiger partial charge on any atom is -0.462 e. The molecule has 2 nitrogen and oxygen atoms in total. The highest BCUT2D eigenvalue weighted by Gasteiger charge is 2.42. The van der Waals surface area contributed by atoms with Crippen LogP contribution >= 0.6 is 7.26 Å². The molecule has 0 radical (unpaired) electrons. The third-order valence-corrected chi connectivity index (χ3v) is 12.5. The number of carbonyl (C=O) groups excluding carboxylic acids is 1. The second kappa shape index (κ2) is 20.3. The number of esters is 1. The Hall–Kier alpha value is -0.360. The van der Waals surface area contributed by atoms with Gasteiger partial charge in [0.15, 0.2) is 0 Å². The van der Waals surface area contributed by atoms with Crippen molar-refractivity contribution in [2.24, 2.45) is 0 Å². The number of hydrogen-bond donors (Lipinski definition) is 0. The molecule has 1 unspecified atom stereocenters. The summed E-state index contributed by atoms with van der Waals surface area (Å²) in [6, 6.07) is 0. The lowest BCUT2D eigenvalue weighted by Crippen LogP contribution is -2.23. The molecule has 31 heavy (non-hydrogen) atoms. The molecule has 0 heterocycles. The van der Waals surface area contributed by atoms with Crippen LogP contribution in [0.15, 0.2) is 12.2 Å². The van der Waals surface area contributed by atoms with Crippen LogP contribution in [0.3, 0.4) is 0 Å². The van der Waals surface area contributed by atoms with Crippen LogP contribution in [0.5, 0.6) is 0 Å². The van der Waals surface area contributed by atoms with E-state index in [2.05, 4.69) is 34.3 Å². The van der Waals surface area contributed by atoms with Crippen LogP contribution in [0, 0.1) is 0 Å². The summed E-state index contributed by atoms with van der Waals surface area (Å²) in [5.41, 5.74) is 1.48. The van der Waals surface area contributed by atoms with Crippen LogP contribution in [-0.2, 0) is 9.53 Å². The van der Waals surface area contributed by atoms with Gasteiger partial charge < -0.3 is 4.74 Å². The van der Waals surface area contributed by atoms with E-state index in [4.69, 9.17) is 4.74 Å². The van der Waals surface area contributed by atoms with E-state index in [1.54, 1.807) is 13.1 Å². The number of rotatable bonds is 22. The summed E-state index contributed by atoms with van der Waals surface area (Å²) in [4.78, 5) is 11.5. The molecule has 0 amide bonds. The summed E-state index contributed by atoms with van der Waals surface area (Å²) in [5, 5.41) is 0. The summed E-state index contributed by atoms with van der Waals surface area (Å²) < 4.78 is 5.29. The van der Waals surface area contributed by atoms with Gasteiger partial charge in [0.05, 0.1) is 30.8 Å². The molecule has 0 saturated heterocycles. The lowest BCUT2D eigenvalue weighted by molar-refractivity contribution is -0.139. The Labute approximate surface area is 196 Å². The van der Waals surface area contributed by atoms with Crippen molar-refractivity contribution < 1.29 is 9.53 Å². The molecule has 0 fully saturated rings. The number of unbranched alkanes of at least 4 members (excludes halogenated alkanes) is 8.